The number of alkyl halides is 1. The number of benzene rings is 2. The van der Waals surface area contributed by atoms with Gasteiger partial charge in [-0.05, 0) is 42.3 Å². The molecule has 4 rings (SSSR count). The summed E-state index contributed by atoms with van der Waals surface area (Å²) < 4.78 is 24.6. The fourth-order valence-electron chi connectivity index (χ4n) is 3.83. The zero-order valence-electron chi connectivity index (χ0n) is 19.1. The number of thiophene rings is 1. The number of nitrogens with zero attached hydrogens (tertiary/aromatic N) is 1. The molecule has 2 N–H and O–H groups in total. The van der Waals surface area contributed by atoms with E-state index in [2.05, 4.69) is 10.6 Å². The zero-order chi connectivity index (χ0) is 24.1. The molecule has 0 radical (unpaired) electrons. The third-order valence-corrected chi connectivity index (χ3v) is 7.07. The van der Waals surface area contributed by atoms with Gasteiger partial charge in [0, 0.05) is 48.3 Å². The van der Waals surface area contributed by atoms with Gasteiger partial charge in [-0.3, -0.25) is 9.69 Å². The van der Waals surface area contributed by atoms with Crippen LogP contribution in [-0.4, -0.2) is 57.4 Å². The molecule has 1 atom stereocenters. The molecule has 1 aromatic heterocycles. The number of carbonyl (C=O) groups excluding carboxylic acids is 1. The van der Waals surface area contributed by atoms with Crippen LogP contribution >= 0.6 is 22.9 Å². The van der Waals surface area contributed by atoms with Gasteiger partial charge in [-0.15, -0.1) is 11.3 Å². The molecule has 1 aliphatic rings. The first-order chi connectivity index (χ1) is 16.5. The van der Waals surface area contributed by atoms with Crippen molar-refractivity contribution in [3.63, 3.8) is 0 Å². The molecule has 1 saturated heterocycles. The summed E-state index contributed by atoms with van der Waals surface area (Å²) in [7, 11) is 3.34. The van der Waals surface area contributed by atoms with Crippen molar-refractivity contribution in [2.45, 2.75) is 12.6 Å². The van der Waals surface area contributed by atoms with Crippen LogP contribution in [0.4, 0.5) is 15.8 Å². The van der Waals surface area contributed by atoms with Gasteiger partial charge < -0.3 is 20.1 Å². The Morgan fingerprint density at radius 2 is 2.00 bits per heavy atom. The van der Waals surface area contributed by atoms with E-state index in [-0.39, 0.29) is 5.91 Å². The number of methoxy groups -OCH3 is 1. The summed E-state index contributed by atoms with van der Waals surface area (Å²) in [5.41, 5.74) is 2.33. The first kappa shape index (κ1) is 24.3. The molecule has 0 aliphatic carbocycles. The monoisotopic (exact) mass is 503 g/mol. The number of anilines is 2. The van der Waals surface area contributed by atoms with Crippen molar-refractivity contribution in [1.29, 1.82) is 0 Å². The average Bonchev–Trinajstić information content (AvgIpc) is 3.46. The van der Waals surface area contributed by atoms with Gasteiger partial charge in [-0.1, -0.05) is 23.7 Å². The molecule has 2 heterocycles. The molecule has 180 valence electrons. The third kappa shape index (κ3) is 5.81. The van der Waals surface area contributed by atoms with Crippen LogP contribution < -0.4 is 20.1 Å². The number of amides is 1. The van der Waals surface area contributed by atoms with Crippen molar-refractivity contribution in [2.75, 3.05) is 51.0 Å². The number of likely N-dealkylation sites (tertiary alicyclic amines) is 1. The molecule has 3 aromatic rings. The topological polar surface area (TPSA) is 62.8 Å². The highest BCUT2D eigenvalue weighted by molar-refractivity contribution is 7.18. The Kier molecular flexibility index (Phi) is 7.92. The van der Waals surface area contributed by atoms with E-state index in [4.69, 9.17) is 21.1 Å². The fourth-order valence-corrected chi connectivity index (χ4v) is 5.02. The summed E-state index contributed by atoms with van der Waals surface area (Å²) in [6, 6.07) is 14.7. The number of carbonyl (C=O) groups is 1. The molecule has 6 nitrogen and oxygen atoms in total. The molecule has 9 heteroatoms. The highest BCUT2D eigenvalue weighted by Gasteiger charge is 2.21. The first-order valence-electron chi connectivity index (χ1n) is 11.0. The lowest BCUT2D eigenvalue weighted by molar-refractivity contribution is 0.103. The van der Waals surface area contributed by atoms with Crippen molar-refractivity contribution in [1.82, 2.24) is 4.90 Å². The number of hydrogen-bond donors (Lipinski definition) is 2. The van der Waals surface area contributed by atoms with Crippen molar-refractivity contribution in [3.05, 3.63) is 58.4 Å². The van der Waals surface area contributed by atoms with Crippen molar-refractivity contribution in [3.8, 4) is 21.9 Å². The van der Waals surface area contributed by atoms with Gasteiger partial charge in [0.1, 0.15) is 17.7 Å². The Morgan fingerprint density at radius 1 is 1.21 bits per heavy atom. The third-order valence-electron chi connectivity index (χ3n) is 5.64. The predicted molar refractivity (Wildman–Crippen MR) is 137 cm³/mol. The van der Waals surface area contributed by atoms with Crippen LogP contribution in [0.3, 0.4) is 0 Å². The van der Waals surface area contributed by atoms with E-state index in [1.807, 2.05) is 35.2 Å². The number of ether oxygens (including phenoxy) is 2. The summed E-state index contributed by atoms with van der Waals surface area (Å²) in [4.78, 5) is 16.6. The number of nitrogens with one attached hydrogen (secondary N) is 2. The van der Waals surface area contributed by atoms with Gasteiger partial charge in [0.15, 0.2) is 11.5 Å². The lowest BCUT2D eigenvalue weighted by atomic mass is 10.2. The second kappa shape index (κ2) is 11.1. The molecule has 1 unspecified atom stereocenters. The minimum atomic E-state index is -0.744. The molecular formula is C25H27ClFN3O3S. The Morgan fingerprint density at radius 3 is 2.68 bits per heavy atom. The molecular weight excluding hydrogens is 477 g/mol. The maximum Gasteiger partial charge on any atom is 0.267 e. The molecule has 0 saturated carbocycles. The molecule has 1 amide bonds. The van der Waals surface area contributed by atoms with Crippen molar-refractivity contribution >= 4 is 40.2 Å². The van der Waals surface area contributed by atoms with Crippen LogP contribution in [0.5, 0.6) is 11.5 Å². The fraction of sp³-hybridized carbons (Fsp3) is 0.320. The Hall–Kier alpha value is -2.81. The first-order valence-corrected chi connectivity index (χ1v) is 12.2. The Balaban J connectivity index is 1.42. The van der Waals surface area contributed by atoms with E-state index in [0.29, 0.717) is 53.2 Å². The smallest absolute Gasteiger partial charge is 0.267 e. The van der Waals surface area contributed by atoms with E-state index in [1.165, 1.54) is 11.3 Å². The molecule has 2 aromatic carbocycles. The average molecular weight is 504 g/mol. The largest absolute Gasteiger partial charge is 0.493 e. The minimum absolute atomic E-state index is 0.222. The van der Waals surface area contributed by atoms with E-state index in [9.17, 15) is 9.18 Å². The molecule has 1 fully saturated rings. The van der Waals surface area contributed by atoms with E-state index in [1.54, 1.807) is 32.4 Å². The highest BCUT2D eigenvalue weighted by Crippen LogP contribution is 2.36. The van der Waals surface area contributed by atoms with Gasteiger partial charge >= 0.3 is 0 Å². The van der Waals surface area contributed by atoms with Crippen LogP contribution in [0, 0.1) is 0 Å². The summed E-state index contributed by atoms with van der Waals surface area (Å²) in [5.74, 6) is 0.873. The second-order valence-corrected chi connectivity index (χ2v) is 9.45. The van der Waals surface area contributed by atoms with Gasteiger partial charge in [0.2, 0.25) is 0 Å². The van der Waals surface area contributed by atoms with Crippen LogP contribution in [0.15, 0.2) is 48.5 Å². The van der Waals surface area contributed by atoms with Gasteiger partial charge in [-0.25, -0.2) is 4.39 Å². The highest BCUT2D eigenvalue weighted by atomic mass is 35.5. The van der Waals surface area contributed by atoms with E-state index < -0.39 is 6.17 Å². The minimum Gasteiger partial charge on any atom is -0.493 e. The summed E-state index contributed by atoms with van der Waals surface area (Å²) in [6.07, 6.45) is -0.162. The summed E-state index contributed by atoms with van der Waals surface area (Å²) in [5, 5.41) is 6.70. The normalized spacial score (nSPS) is 15.8. The summed E-state index contributed by atoms with van der Waals surface area (Å²) >= 11 is 7.40. The zero-order valence-corrected chi connectivity index (χ0v) is 20.6. The molecule has 0 spiro atoms. The molecule has 1 aliphatic heterocycles. The SMILES string of the molecule is CNc1cc(-c2ccc(Cl)cc2)sc1C(=O)Nc1ccc(OCCN2CCC(F)C2)c(OC)c1. The number of rotatable bonds is 9. The van der Waals surface area contributed by atoms with Gasteiger partial charge in [-0.2, -0.15) is 0 Å². The van der Waals surface area contributed by atoms with E-state index in [0.717, 1.165) is 22.7 Å². The van der Waals surface area contributed by atoms with Gasteiger partial charge in [0.05, 0.1) is 12.8 Å². The molecule has 34 heavy (non-hydrogen) atoms. The second-order valence-electron chi connectivity index (χ2n) is 7.97. The van der Waals surface area contributed by atoms with Crippen molar-refractivity contribution in [2.24, 2.45) is 0 Å². The van der Waals surface area contributed by atoms with Gasteiger partial charge in [0.25, 0.3) is 5.91 Å². The van der Waals surface area contributed by atoms with Crippen molar-refractivity contribution < 1.29 is 18.7 Å². The molecule has 0 bridgehead atoms. The predicted octanol–water partition coefficient (Wildman–Crippen LogP) is 5.79. The number of halogens is 2. The van der Waals surface area contributed by atoms with Crippen LogP contribution in [0.25, 0.3) is 10.4 Å². The maximum atomic E-state index is 13.3. The van der Waals surface area contributed by atoms with E-state index >= 15 is 0 Å². The quantitative estimate of drug-likeness (QED) is 0.387. The lowest BCUT2D eigenvalue weighted by Gasteiger charge is -2.16. The van der Waals surface area contributed by atoms with Crippen LogP contribution in [0.2, 0.25) is 5.02 Å². The van der Waals surface area contributed by atoms with Crippen LogP contribution in [-0.2, 0) is 0 Å². The summed E-state index contributed by atoms with van der Waals surface area (Å²) in [6.45, 7) is 2.30. The Labute approximate surface area is 207 Å². The maximum absolute atomic E-state index is 13.3. The number of hydrogen-bond acceptors (Lipinski definition) is 6. The van der Waals surface area contributed by atoms with Crippen LogP contribution in [0.1, 0.15) is 16.1 Å². The lowest BCUT2D eigenvalue weighted by Crippen LogP contribution is -2.26. The Bertz CT molecular complexity index is 1140. The standard InChI is InChI=1S/C25H27ClFN3O3S/c1-28-20-14-23(16-3-5-17(26)6-4-16)34-24(20)25(31)29-19-7-8-21(22(13-19)32-2)33-12-11-30-10-9-18(27)15-30/h3-8,13-14,18,28H,9-12,15H2,1-2H3,(H,29,31).